The smallest absolute Gasteiger partial charge is 0.179 e. The van der Waals surface area contributed by atoms with Crippen LogP contribution in [0.3, 0.4) is 0 Å². The summed E-state index contributed by atoms with van der Waals surface area (Å²) in [6.45, 7) is 4.22. The minimum absolute atomic E-state index is 0.0831. The number of aromatic amines is 1. The van der Waals surface area contributed by atoms with E-state index in [2.05, 4.69) is 59.2 Å². The zero-order valence-electron chi connectivity index (χ0n) is 14.2. The van der Waals surface area contributed by atoms with Crippen LogP contribution in [0.4, 0.5) is 0 Å². The summed E-state index contributed by atoms with van der Waals surface area (Å²) in [6.07, 6.45) is 5.04. The van der Waals surface area contributed by atoms with Crippen molar-refractivity contribution in [2.24, 2.45) is 5.92 Å². The van der Waals surface area contributed by atoms with E-state index in [4.69, 9.17) is 0 Å². The highest BCUT2D eigenvalue weighted by atomic mass is 79.9. The number of likely N-dealkylation sites (N-methyl/N-ethyl adjacent to an activating group) is 1. The molecule has 2 unspecified atom stereocenters. The molecule has 1 aromatic heterocycles. The molecule has 1 saturated heterocycles. The van der Waals surface area contributed by atoms with Gasteiger partial charge in [0, 0.05) is 29.3 Å². The average Bonchev–Trinajstić information content (AvgIpc) is 3.03. The summed E-state index contributed by atoms with van der Waals surface area (Å²) in [5.74, 6) is 0.498. The first-order valence-electron chi connectivity index (χ1n) is 8.88. The molecule has 3 atom stereocenters. The molecule has 2 aromatic rings. The predicted molar refractivity (Wildman–Crippen MR) is 99.7 cm³/mol. The maximum absolute atomic E-state index is 12.6. The molecule has 124 valence electrons. The highest BCUT2D eigenvalue weighted by molar-refractivity contribution is 9.10. The Hall–Kier alpha value is -1.39. The molecule has 0 amide bonds. The number of nitrogens with one attached hydrogen (secondary N) is 1. The van der Waals surface area contributed by atoms with Crippen LogP contribution in [0.25, 0.3) is 16.5 Å². The monoisotopic (exact) mass is 385 g/mol. The van der Waals surface area contributed by atoms with Crippen molar-refractivity contribution in [1.29, 1.82) is 0 Å². The normalized spacial score (nSPS) is 33.0. The van der Waals surface area contributed by atoms with Gasteiger partial charge in [-0.15, -0.1) is 0 Å². The molecule has 0 bridgehead atoms. The number of carbonyl (C=O) groups excluding carboxylic acids is 1. The van der Waals surface area contributed by atoms with E-state index in [9.17, 15) is 4.79 Å². The van der Waals surface area contributed by atoms with E-state index < -0.39 is 0 Å². The van der Waals surface area contributed by atoms with Crippen molar-refractivity contribution in [2.45, 2.75) is 31.7 Å². The van der Waals surface area contributed by atoms with Gasteiger partial charge in [0.25, 0.3) is 0 Å². The van der Waals surface area contributed by atoms with E-state index in [-0.39, 0.29) is 11.5 Å². The van der Waals surface area contributed by atoms with Gasteiger partial charge in [0.2, 0.25) is 0 Å². The molecule has 5 rings (SSSR count). The number of halogens is 1. The summed E-state index contributed by atoms with van der Waals surface area (Å²) < 4.78 is 2.15. The first kappa shape index (κ1) is 14.9. The van der Waals surface area contributed by atoms with Gasteiger partial charge in [-0.05, 0) is 39.5 Å². The Morgan fingerprint density at radius 3 is 3.08 bits per heavy atom. The van der Waals surface area contributed by atoms with Crippen molar-refractivity contribution >= 4 is 38.2 Å². The summed E-state index contributed by atoms with van der Waals surface area (Å²) in [4.78, 5) is 16.1. The number of H-pyrrole nitrogens is 1. The SMILES string of the molecule is CCCC(=O)[C@@H]1C=C2c3cccc4[nH]c(Br)c(c34)CC23C[N+]3(C)C1. The Kier molecular flexibility index (Phi) is 2.87. The van der Waals surface area contributed by atoms with E-state index in [1.807, 2.05) is 0 Å². The summed E-state index contributed by atoms with van der Waals surface area (Å²) in [7, 11) is 2.34. The number of aromatic nitrogens is 1. The van der Waals surface area contributed by atoms with Crippen LogP contribution in [-0.4, -0.2) is 40.9 Å². The third kappa shape index (κ3) is 1.68. The van der Waals surface area contributed by atoms with Gasteiger partial charge in [-0.1, -0.05) is 25.1 Å². The third-order valence-corrected chi connectivity index (χ3v) is 7.23. The number of rotatable bonds is 3. The van der Waals surface area contributed by atoms with Crippen molar-refractivity contribution in [3.8, 4) is 0 Å². The minimum Gasteiger partial charge on any atom is -0.349 e. The highest BCUT2D eigenvalue weighted by Gasteiger charge is 2.72. The van der Waals surface area contributed by atoms with Crippen molar-refractivity contribution in [1.82, 2.24) is 4.98 Å². The fourth-order valence-electron chi connectivity index (χ4n) is 5.28. The van der Waals surface area contributed by atoms with Crippen LogP contribution in [0.15, 0.2) is 28.9 Å². The Morgan fingerprint density at radius 1 is 1.46 bits per heavy atom. The van der Waals surface area contributed by atoms with Gasteiger partial charge in [0.15, 0.2) is 5.54 Å². The third-order valence-electron chi connectivity index (χ3n) is 6.55. The fourth-order valence-corrected chi connectivity index (χ4v) is 5.83. The van der Waals surface area contributed by atoms with E-state index >= 15 is 0 Å². The number of nitrogens with zero attached hydrogens (tertiary/aromatic N) is 1. The van der Waals surface area contributed by atoms with Gasteiger partial charge in [0.1, 0.15) is 12.3 Å². The Balaban J connectivity index is 1.73. The Morgan fingerprint density at radius 2 is 2.29 bits per heavy atom. The topological polar surface area (TPSA) is 32.9 Å². The van der Waals surface area contributed by atoms with Crippen LogP contribution in [-0.2, 0) is 11.2 Å². The first-order chi connectivity index (χ1) is 11.5. The number of Topliss-reactive ketones (excluding diaryl/α,β-unsaturated/α-hetero) is 1. The Labute approximate surface area is 150 Å². The molecular weight excluding hydrogens is 364 g/mol. The van der Waals surface area contributed by atoms with Crippen molar-refractivity contribution in [3.05, 3.63) is 40.0 Å². The lowest BCUT2D eigenvalue weighted by molar-refractivity contribution is -0.806. The molecule has 0 saturated carbocycles. The van der Waals surface area contributed by atoms with Crippen molar-refractivity contribution < 1.29 is 9.28 Å². The van der Waals surface area contributed by atoms with Gasteiger partial charge >= 0.3 is 0 Å². The van der Waals surface area contributed by atoms with Crippen molar-refractivity contribution in [3.63, 3.8) is 0 Å². The molecule has 1 spiro atoms. The number of hydrogen-bond acceptors (Lipinski definition) is 1. The average molecular weight is 386 g/mol. The number of benzene rings is 1. The highest BCUT2D eigenvalue weighted by Crippen LogP contribution is 2.60. The number of hydrogen-bond donors (Lipinski definition) is 1. The van der Waals surface area contributed by atoms with E-state index in [1.165, 1.54) is 27.6 Å². The van der Waals surface area contributed by atoms with Crippen LogP contribution < -0.4 is 0 Å². The lowest BCUT2D eigenvalue weighted by Gasteiger charge is -2.35. The lowest BCUT2D eigenvalue weighted by Crippen LogP contribution is -2.44. The zero-order valence-corrected chi connectivity index (χ0v) is 15.7. The summed E-state index contributed by atoms with van der Waals surface area (Å²) in [5, 5.41) is 1.35. The van der Waals surface area contributed by atoms with Gasteiger partial charge in [-0.2, -0.15) is 0 Å². The van der Waals surface area contributed by atoms with Crippen LogP contribution in [0.1, 0.15) is 30.9 Å². The number of quaternary nitrogens is 1. The minimum atomic E-state index is 0.0831. The number of fused-ring (bicyclic) bond motifs is 1. The maximum atomic E-state index is 12.6. The molecule has 3 heterocycles. The van der Waals surface area contributed by atoms with Gasteiger partial charge in [-0.3, -0.25) is 4.79 Å². The maximum Gasteiger partial charge on any atom is 0.179 e. The molecule has 1 fully saturated rings. The Bertz CT molecular complexity index is 927. The molecule has 3 aliphatic rings. The standard InChI is InChI=1S/C20H22BrN2O/c1-3-5-17(24)12-8-15-13-6-4-7-16-18(13)14(19(21)22-16)9-20(15)11-23(20,2)10-12/h4,6-8,12,22H,3,5,9-11H2,1-2H3/q+1/t12-,20?,23?/m1/s1. The van der Waals surface area contributed by atoms with E-state index in [0.717, 1.165) is 35.0 Å². The molecule has 24 heavy (non-hydrogen) atoms. The molecule has 4 heteroatoms. The van der Waals surface area contributed by atoms with E-state index in [0.29, 0.717) is 12.2 Å². The van der Waals surface area contributed by atoms with Gasteiger partial charge in [0.05, 0.1) is 24.1 Å². The first-order valence-corrected chi connectivity index (χ1v) is 9.67. The summed E-state index contributed by atoms with van der Waals surface area (Å²) in [6, 6.07) is 6.53. The second-order valence-electron chi connectivity index (χ2n) is 7.99. The lowest BCUT2D eigenvalue weighted by atomic mass is 9.75. The molecule has 1 aromatic carbocycles. The zero-order chi connectivity index (χ0) is 16.7. The van der Waals surface area contributed by atoms with E-state index in [1.54, 1.807) is 0 Å². The number of ketones is 1. The second-order valence-corrected chi connectivity index (χ2v) is 8.79. The van der Waals surface area contributed by atoms with Crippen LogP contribution in [0.5, 0.6) is 0 Å². The summed E-state index contributed by atoms with van der Waals surface area (Å²) >= 11 is 3.73. The molecular formula is C20H22BrN2O+. The molecule has 0 radical (unpaired) electrons. The molecule has 3 nitrogen and oxygen atoms in total. The summed E-state index contributed by atoms with van der Waals surface area (Å²) in [5.41, 5.74) is 5.57. The predicted octanol–water partition coefficient (Wildman–Crippen LogP) is 4.07. The van der Waals surface area contributed by atoms with Crippen LogP contribution in [0, 0.1) is 5.92 Å². The van der Waals surface area contributed by atoms with Crippen LogP contribution >= 0.6 is 15.9 Å². The molecule has 2 aliphatic heterocycles. The quantitative estimate of drug-likeness (QED) is 0.626. The molecule has 1 N–H and O–H groups in total. The number of carbonyl (C=O) groups is 1. The van der Waals surface area contributed by atoms with Gasteiger partial charge < -0.3 is 9.47 Å². The van der Waals surface area contributed by atoms with Gasteiger partial charge in [-0.25, -0.2) is 0 Å². The second kappa shape index (κ2) is 4.61. The van der Waals surface area contributed by atoms with Crippen molar-refractivity contribution in [2.75, 3.05) is 20.1 Å². The van der Waals surface area contributed by atoms with Crippen LogP contribution in [0.2, 0.25) is 0 Å². The fraction of sp³-hybridized carbons (Fsp3) is 0.450. The molecule has 1 aliphatic carbocycles. The largest absolute Gasteiger partial charge is 0.349 e.